The summed E-state index contributed by atoms with van der Waals surface area (Å²) in [6.45, 7) is 0. The summed E-state index contributed by atoms with van der Waals surface area (Å²) in [4.78, 5) is 11.0. The van der Waals surface area contributed by atoms with Gasteiger partial charge in [0.1, 0.15) is 5.75 Å². The third-order valence-electron chi connectivity index (χ3n) is 1.37. The fourth-order valence-electron chi connectivity index (χ4n) is 0.799. The smallest absolute Gasteiger partial charge is 0.278 e. The lowest BCUT2D eigenvalue weighted by molar-refractivity contribution is 0.0703. The number of amides is 1. The van der Waals surface area contributed by atoms with E-state index >= 15 is 0 Å². The Morgan fingerprint density at radius 1 is 1.38 bits per heavy atom. The van der Waals surface area contributed by atoms with E-state index in [0.717, 1.165) is 0 Å². The van der Waals surface area contributed by atoms with E-state index in [1.807, 2.05) is 0 Å². The van der Waals surface area contributed by atoms with Crippen molar-refractivity contribution in [3.63, 3.8) is 0 Å². The second-order valence-electron chi connectivity index (χ2n) is 2.22. The number of aromatic hydroxyl groups is 1. The molecule has 0 bridgehead atoms. The molecule has 0 unspecified atom stereocenters. The van der Waals surface area contributed by atoms with Crippen molar-refractivity contribution < 1.29 is 15.1 Å². The largest absolute Gasteiger partial charge is 0.506 e. The lowest BCUT2D eigenvalue weighted by atomic mass is 10.2. The van der Waals surface area contributed by atoms with Gasteiger partial charge in [0.05, 0.1) is 10.0 Å². The first-order chi connectivity index (χ1) is 6.06. The molecule has 4 nitrogen and oxygen atoms in total. The van der Waals surface area contributed by atoms with Gasteiger partial charge < -0.3 is 5.11 Å². The molecule has 1 aromatic carbocycles. The van der Waals surface area contributed by atoms with Crippen molar-refractivity contribution in [3.8, 4) is 5.75 Å². The van der Waals surface area contributed by atoms with Crippen LogP contribution in [0.2, 0.25) is 0 Å². The number of rotatable bonds is 1. The standard InChI is InChI=1S/C7H5Br2NO3/c8-3-1-4(7(12)10-13)6(11)5(9)2-3/h1-2,11,13H,(H,10,12). The highest BCUT2D eigenvalue weighted by Crippen LogP contribution is 2.31. The summed E-state index contributed by atoms with van der Waals surface area (Å²) in [7, 11) is 0. The minimum atomic E-state index is -0.764. The van der Waals surface area contributed by atoms with E-state index in [-0.39, 0.29) is 11.3 Å². The first-order valence-electron chi connectivity index (χ1n) is 3.18. The van der Waals surface area contributed by atoms with Gasteiger partial charge in [-0.25, -0.2) is 5.48 Å². The van der Waals surface area contributed by atoms with Crippen molar-refractivity contribution in [2.45, 2.75) is 0 Å². The Balaban J connectivity index is 3.28. The topological polar surface area (TPSA) is 69.6 Å². The predicted molar refractivity (Wildman–Crippen MR) is 52.8 cm³/mol. The molecule has 70 valence electrons. The summed E-state index contributed by atoms with van der Waals surface area (Å²) in [5.74, 6) is -0.978. The van der Waals surface area contributed by atoms with Crippen molar-refractivity contribution in [3.05, 3.63) is 26.6 Å². The van der Waals surface area contributed by atoms with Crippen molar-refractivity contribution in [1.29, 1.82) is 0 Å². The number of nitrogens with one attached hydrogen (secondary N) is 1. The van der Waals surface area contributed by atoms with E-state index in [1.54, 1.807) is 6.07 Å². The molecule has 0 radical (unpaired) electrons. The van der Waals surface area contributed by atoms with Gasteiger partial charge in [0.25, 0.3) is 5.91 Å². The van der Waals surface area contributed by atoms with Crippen LogP contribution < -0.4 is 5.48 Å². The molecule has 1 amide bonds. The van der Waals surface area contributed by atoms with Gasteiger partial charge in [-0.3, -0.25) is 10.0 Å². The monoisotopic (exact) mass is 309 g/mol. The first kappa shape index (κ1) is 10.5. The number of benzene rings is 1. The molecule has 1 rings (SSSR count). The average Bonchev–Trinajstić information content (AvgIpc) is 2.10. The number of phenols is 1. The van der Waals surface area contributed by atoms with Gasteiger partial charge in [-0.15, -0.1) is 0 Å². The zero-order valence-corrected chi connectivity index (χ0v) is 9.39. The van der Waals surface area contributed by atoms with Crippen molar-refractivity contribution in [1.82, 2.24) is 5.48 Å². The number of hydrogen-bond acceptors (Lipinski definition) is 3. The van der Waals surface area contributed by atoms with Crippen LogP contribution in [-0.4, -0.2) is 16.2 Å². The van der Waals surface area contributed by atoms with Gasteiger partial charge in [0.15, 0.2) is 0 Å². The Hall–Kier alpha value is -0.590. The summed E-state index contributed by atoms with van der Waals surface area (Å²) >= 11 is 6.19. The van der Waals surface area contributed by atoms with Crippen molar-refractivity contribution in [2.75, 3.05) is 0 Å². The Morgan fingerprint density at radius 3 is 2.54 bits per heavy atom. The molecule has 1 aromatic rings. The third kappa shape index (κ3) is 2.20. The van der Waals surface area contributed by atoms with Gasteiger partial charge in [0, 0.05) is 4.47 Å². The summed E-state index contributed by atoms with van der Waals surface area (Å²) in [5, 5.41) is 17.7. The van der Waals surface area contributed by atoms with Crippen LogP contribution in [0.4, 0.5) is 0 Å². The maximum absolute atomic E-state index is 11.0. The molecule has 6 heteroatoms. The molecule has 0 heterocycles. The van der Waals surface area contributed by atoms with Gasteiger partial charge in [0.2, 0.25) is 0 Å². The maximum atomic E-state index is 11.0. The highest BCUT2D eigenvalue weighted by atomic mass is 79.9. The Kier molecular flexibility index (Phi) is 3.29. The molecule has 0 spiro atoms. The quantitative estimate of drug-likeness (QED) is 0.549. The summed E-state index contributed by atoms with van der Waals surface area (Å²) in [6.07, 6.45) is 0. The van der Waals surface area contributed by atoms with Crippen molar-refractivity contribution >= 4 is 37.8 Å². The van der Waals surface area contributed by atoms with Crippen LogP contribution in [0.5, 0.6) is 5.75 Å². The van der Waals surface area contributed by atoms with Crippen LogP contribution in [0.3, 0.4) is 0 Å². The summed E-state index contributed by atoms with van der Waals surface area (Å²) in [5.41, 5.74) is 1.43. The van der Waals surface area contributed by atoms with Gasteiger partial charge in [-0.1, -0.05) is 15.9 Å². The minimum Gasteiger partial charge on any atom is -0.506 e. The molecule has 3 N–H and O–H groups in total. The van der Waals surface area contributed by atoms with Crippen LogP contribution in [0.1, 0.15) is 10.4 Å². The van der Waals surface area contributed by atoms with E-state index in [1.165, 1.54) is 11.5 Å². The zero-order chi connectivity index (χ0) is 10.0. The van der Waals surface area contributed by atoms with Crippen LogP contribution in [0, 0.1) is 0 Å². The second kappa shape index (κ2) is 4.08. The van der Waals surface area contributed by atoms with Gasteiger partial charge in [-0.05, 0) is 28.1 Å². The maximum Gasteiger partial charge on any atom is 0.278 e. The van der Waals surface area contributed by atoms with Crippen molar-refractivity contribution in [2.24, 2.45) is 0 Å². The van der Waals surface area contributed by atoms with E-state index in [2.05, 4.69) is 31.9 Å². The van der Waals surface area contributed by atoms with Crippen LogP contribution in [0.25, 0.3) is 0 Å². The van der Waals surface area contributed by atoms with E-state index in [0.29, 0.717) is 8.95 Å². The first-order valence-corrected chi connectivity index (χ1v) is 4.77. The van der Waals surface area contributed by atoms with Crippen LogP contribution >= 0.6 is 31.9 Å². The molecule has 0 aromatic heterocycles. The number of hydroxylamine groups is 1. The van der Waals surface area contributed by atoms with E-state index < -0.39 is 5.91 Å². The molecule has 13 heavy (non-hydrogen) atoms. The highest BCUT2D eigenvalue weighted by molar-refractivity contribution is 9.11. The molecule has 0 saturated heterocycles. The molecular weight excluding hydrogens is 306 g/mol. The summed E-state index contributed by atoms with van der Waals surface area (Å²) < 4.78 is 0.997. The predicted octanol–water partition coefficient (Wildman–Crippen LogP) is 2.04. The number of hydrogen-bond donors (Lipinski definition) is 3. The third-order valence-corrected chi connectivity index (χ3v) is 2.44. The van der Waals surface area contributed by atoms with E-state index in [9.17, 15) is 9.90 Å². The SMILES string of the molecule is O=C(NO)c1cc(Br)cc(Br)c1O. The minimum absolute atomic E-state index is 0.0104. The number of phenolic OH excluding ortho intramolecular Hbond substituents is 1. The summed E-state index contributed by atoms with van der Waals surface area (Å²) in [6, 6.07) is 2.98. The lowest BCUT2D eigenvalue weighted by Crippen LogP contribution is -2.18. The number of halogens is 2. The van der Waals surface area contributed by atoms with Crippen LogP contribution in [-0.2, 0) is 0 Å². The lowest BCUT2D eigenvalue weighted by Gasteiger charge is -2.04. The highest BCUT2D eigenvalue weighted by Gasteiger charge is 2.13. The molecular formula is C7H5Br2NO3. The Morgan fingerprint density at radius 2 is 2.00 bits per heavy atom. The zero-order valence-electron chi connectivity index (χ0n) is 6.21. The fraction of sp³-hybridized carbons (Fsp3) is 0. The molecule has 0 aliphatic carbocycles. The number of carbonyl (C=O) groups excluding carboxylic acids is 1. The molecule has 0 aliphatic heterocycles. The van der Waals surface area contributed by atoms with Gasteiger partial charge in [-0.2, -0.15) is 0 Å². The Bertz CT molecular complexity index is 354. The number of carbonyl (C=O) groups is 1. The van der Waals surface area contributed by atoms with Gasteiger partial charge >= 0.3 is 0 Å². The second-order valence-corrected chi connectivity index (χ2v) is 3.99. The molecule has 0 fully saturated rings. The molecule has 0 aliphatic rings. The average molecular weight is 311 g/mol. The fourth-order valence-corrected chi connectivity index (χ4v) is 2.02. The molecule has 0 saturated carbocycles. The molecule has 0 atom stereocenters. The van der Waals surface area contributed by atoms with E-state index in [4.69, 9.17) is 5.21 Å². The van der Waals surface area contributed by atoms with Crippen LogP contribution in [0.15, 0.2) is 21.1 Å². The normalized spacial score (nSPS) is 9.77. The Labute approximate surface area is 90.8 Å².